The lowest BCUT2D eigenvalue weighted by atomic mass is 9.94. The minimum atomic E-state index is -0.899. The van der Waals surface area contributed by atoms with Crippen LogP contribution in [0.2, 0.25) is 5.02 Å². The molecule has 21 heteroatoms. The van der Waals surface area contributed by atoms with Gasteiger partial charge in [-0.05, 0) is 88.8 Å². The van der Waals surface area contributed by atoms with E-state index in [1.165, 1.54) is 6.07 Å². The number of allylic oxidation sites excluding steroid dienone is 1. The maximum atomic E-state index is 15.7. The molecule has 0 spiro atoms. The lowest BCUT2D eigenvalue weighted by Gasteiger charge is -2.33. The van der Waals surface area contributed by atoms with E-state index in [-0.39, 0.29) is 30.1 Å². The summed E-state index contributed by atoms with van der Waals surface area (Å²) in [6, 6.07) is 15.6. The molecule has 70 heavy (non-hydrogen) atoms. The first-order chi connectivity index (χ1) is 34.0. The van der Waals surface area contributed by atoms with Crippen LogP contribution in [-0.2, 0) is 4.74 Å². The van der Waals surface area contributed by atoms with Gasteiger partial charge in [-0.2, -0.15) is 30.1 Å². The summed E-state index contributed by atoms with van der Waals surface area (Å²) in [5, 5.41) is 32.3. The molecular weight excluding hydrogens is 922 g/mol. The largest absolute Gasteiger partial charge is 0.423 e. The number of anilines is 6. The van der Waals surface area contributed by atoms with Crippen LogP contribution in [0.5, 0.6) is 23.5 Å². The van der Waals surface area contributed by atoms with Gasteiger partial charge >= 0.3 is 12.0 Å². The second kappa shape index (κ2) is 20.2. The fourth-order valence-electron chi connectivity index (χ4n) is 8.81. The Kier molecular flexibility index (Phi) is 13.3. The van der Waals surface area contributed by atoms with Crippen LogP contribution in [0, 0.1) is 31.4 Å². The van der Waals surface area contributed by atoms with E-state index in [1.807, 2.05) is 67.3 Å². The van der Waals surface area contributed by atoms with Gasteiger partial charge in [0, 0.05) is 90.8 Å². The standard InChI is InChI=1S/C49H51ClF2N14O4/c1-4-6-30-21-41(63-61-30)56-40-25-44(60-49(58-40)70-47-35(51)23-37-34(46(47)52)20-28(3)54-37)66-16-18-68-32(26-66)8-5-7-31-22-42(64-62-31)55-39-24-43(65-14-11-29(12-15-65)13-17-67)59-48(57-39)69-38-10-9-36-33(45(38)50)19-27(2)53-36/h4-7,9-10,19-25,29,32,53-54,67H,8,11-18,26H2,1-3H3,(H2,55,57,59,62,64)(H2,56,58,60,61,63)/b6-4-,7-5-. The highest BCUT2D eigenvalue weighted by Gasteiger charge is 2.26. The number of benzene rings is 2. The van der Waals surface area contributed by atoms with E-state index in [2.05, 4.69) is 55.9 Å². The van der Waals surface area contributed by atoms with Crippen LogP contribution in [0.1, 0.15) is 55.4 Å². The summed E-state index contributed by atoms with van der Waals surface area (Å²) in [5.74, 6) is 1.47. The average molecular weight is 973 g/mol. The second-order valence-electron chi connectivity index (χ2n) is 17.4. The molecule has 7 N–H and O–H groups in total. The van der Waals surface area contributed by atoms with Crippen LogP contribution in [0.15, 0.2) is 66.7 Å². The third-order valence-corrected chi connectivity index (χ3v) is 12.6. The number of ether oxygens (including phenoxy) is 3. The Morgan fingerprint density at radius 3 is 2.14 bits per heavy atom. The van der Waals surface area contributed by atoms with Crippen LogP contribution < -0.4 is 29.9 Å². The van der Waals surface area contributed by atoms with E-state index in [9.17, 15) is 5.11 Å². The van der Waals surface area contributed by atoms with Crippen LogP contribution in [-0.4, -0.2) is 101 Å². The Bertz CT molecular complexity index is 3210. The summed E-state index contributed by atoms with van der Waals surface area (Å²) in [6.07, 6.45) is 10.7. The number of aromatic amines is 4. The highest BCUT2D eigenvalue weighted by atomic mass is 35.5. The molecule has 0 aliphatic carbocycles. The van der Waals surface area contributed by atoms with E-state index < -0.39 is 17.4 Å². The molecule has 1 atom stereocenters. The maximum absolute atomic E-state index is 15.7. The van der Waals surface area contributed by atoms with E-state index in [0.717, 1.165) is 60.3 Å². The Morgan fingerprint density at radius 1 is 0.786 bits per heavy atom. The number of aliphatic hydroxyl groups is 1. The van der Waals surface area contributed by atoms with Gasteiger partial charge in [0.05, 0.1) is 34.6 Å². The van der Waals surface area contributed by atoms with Crippen molar-refractivity contribution in [2.75, 3.05) is 59.8 Å². The zero-order valence-corrected chi connectivity index (χ0v) is 39.4. The second-order valence-corrected chi connectivity index (χ2v) is 17.8. The number of aromatic nitrogens is 10. The van der Waals surface area contributed by atoms with Gasteiger partial charge in [0.25, 0.3) is 0 Å². The number of piperidine rings is 1. The summed E-state index contributed by atoms with van der Waals surface area (Å²) in [6.45, 7) is 8.71. The highest BCUT2D eigenvalue weighted by Crippen LogP contribution is 2.38. The molecule has 0 bridgehead atoms. The molecule has 2 aliphatic heterocycles. The van der Waals surface area contributed by atoms with Gasteiger partial charge in [-0.15, -0.1) is 0 Å². The minimum Gasteiger partial charge on any atom is -0.423 e. The van der Waals surface area contributed by atoms with E-state index in [4.69, 9.17) is 35.8 Å². The number of halogens is 3. The minimum absolute atomic E-state index is 0.130. The van der Waals surface area contributed by atoms with Gasteiger partial charge in [-0.25, -0.2) is 8.78 Å². The van der Waals surface area contributed by atoms with Crippen molar-refractivity contribution < 1.29 is 28.1 Å². The topological polar surface area (TPSA) is 219 Å². The maximum Gasteiger partial charge on any atom is 0.326 e. The highest BCUT2D eigenvalue weighted by molar-refractivity contribution is 6.37. The van der Waals surface area contributed by atoms with Crippen molar-refractivity contribution in [1.82, 2.24) is 50.3 Å². The lowest BCUT2D eigenvalue weighted by molar-refractivity contribution is 0.0426. The van der Waals surface area contributed by atoms with Crippen molar-refractivity contribution in [3.63, 3.8) is 0 Å². The molecule has 0 radical (unpaired) electrons. The van der Waals surface area contributed by atoms with Gasteiger partial charge < -0.3 is 49.7 Å². The zero-order valence-electron chi connectivity index (χ0n) is 38.6. The molecule has 0 saturated carbocycles. The van der Waals surface area contributed by atoms with Crippen LogP contribution in [0.4, 0.5) is 43.7 Å². The van der Waals surface area contributed by atoms with Gasteiger partial charge in [0.2, 0.25) is 5.75 Å². The Labute approximate surface area is 405 Å². The monoisotopic (exact) mass is 972 g/mol. The summed E-state index contributed by atoms with van der Waals surface area (Å²) in [7, 11) is 0. The summed E-state index contributed by atoms with van der Waals surface area (Å²) < 4.78 is 49.3. The number of hydrogen-bond donors (Lipinski definition) is 7. The molecule has 0 amide bonds. The molecule has 362 valence electrons. The number of rotatable bonds is 16. The SMILES string of the molecule is C/C=C\c1cc(Nc2cc(N3CCOC(C/C=C\c4cc(Nc5cc(N6CCC(CCO)CC6)nc(Oc6ccc7[nH]c(C)cc7c6Cl)n5)n[nH]4)C3)nc(Oc3c(F)cc4[nH]c(C)cc4c3F)n2)n[nH]1. The molecule has 8 heterocycles. The first-order valence-electron chi connectivity index (χ1n) is 23.1. The number of nitrogens with zero attached hydrogens (tertiary/aromatic N) is 8. The van der Waals surface area contributed by atoms with Crippen LogP contribution >= 0.6 is 11.6 Å². The van der Waals surface area contributed by atoms with Crippen molar-refractivity contribution in [2.24, 2.45) is 5.92 Å². The molecule has 2 fully saturated rings. The summed E-state index contributed by atoms with van der Waals surface area (Å²) in [4.78, 5) is 29.1. The molecule has 8 aromatic rings. The number of hydrogen-bond acceptors (Lipinski definition) is 14. The fourth-order valence-corrected chi connectivity index (χ4v) is 9.07. The van der Waals surface area contributed by atoms with Crippen LogP contribution in [0.25, 0.3) is 34.0 Å². The van der Waals surface area contributed by atoms with Crippen molar-refractivity contribution >= 4 is 80.5 Å². The van der Waals surface area contributed by atoms with E-state index in [0.29, 0.717) is 88.9 Å². The van der Waals surface area contributed by atoms with Crippen LogP contribution in [0.3, 0.4) is 0 Å². The van der Waals surface area contributed by atoms with Gasteiger partial charge in [0.1, 0.15) is 29.0 Å². The number of aryl methyl sites for hydroxylation is 2. The number of morpholine rings is 1. The van der Waals surface area contributed by atoms with Crippen molar-refractivity contribution in [3.8, 4) is 23.5 Å². The number of nitrogens with one attached hydrogen (secondary N) is 6. The molecular formula is C49H51ClF2N14O4. The third-order valence-electron chi connectivity index (χ3n) is 12.2. The molecule has 18 nitrogen and oxygen atoms in total. The number of H-pyrrole nitrogens is 4. The summed E-state index contributed by atoms with van der Waals surface area (Å²) >= 11 is 6.81. The Morgan fingerprint density at radius 2 is 1.44 bits per heavy atom. The molecule has 6 aromatic heterocycles. The normalized spacial score (nSPS) is 15.8. The molecule has 2 aliphatic rings. The fraction of sp³-hybridized carbons (Fsp3) is 0.306. The van der Waals surface area contributed by atoms with Gasteiger partial charge in [-0.3, -0.25) is 10.2 Å². The molecule has 1 unspecified atom stereocenters. The number of aliphatic hydroxyl groups excluding tert-OH is 1. The van der Waals surface area contributed by atoms with Crippen molar-refractivity contribution in [1.29, 1.82) is 0 Å². The number of fused-ring (bicyclic) bond motifs is 2. The average Bonchev–Trinajstić information content (AvgIpc) is 4.17. The predicted molar refractivity (Wildman–Crippen MR) is 266 cm³/mol. The molecule has 2 saturated heterocycles. The zero-order chi connectivity index (χ0) is 48.3. The smallest absolute Gasteiger partial charge is 0.326 e. The quantitative estimate of drug-likeness (QED) is 0.0479. The van der Waals surface area contributed by atoms with E-state index >= 15 is 8.78 Å². The third kappa shape index (κ3) is 10.4. The van der Waals surface area contributed by atoms with E-state index in [1.54, 1.807) is 31.2 Å². The van der Waals surface area contributed by atoms with Gasteiger partial charge in [0.15, 0.2) is 23.3 Å². The Balaban J connectivity index is 0.835. The predicted octanol–water partition coefficient (Wildman–Crippen LogP) is 10.2. The first-order valence-corrected chi connectivity index (χ1v) is 23.5. The van der Waals surface area contributed by atoms with Crippen molar-refractivity contribution in [3.05, 3.63) is 106 Å². The Hall–Kier alpha value is -7.55. The molecule has 10 rings (SSSR count). The van der Waals surface area contributed by atoms with Crippen molar-refractivity contribution in [2.45, 2.75) is 52.6 Å². The lowest BCUT2D eigenvalue weighted by Crippen LogP contribution is -2.42. The summed E-state index contributed by atoms with van der Waals surface area (Å²) in [5.41, 5.74) is 4.39. The first kappa shape index (κ1) is 46.2. The molecule has 2 aromatic carbocycles. The van der Waals surface area contributed by atoms with Gasteiger partial charge in [-0.1, -0.05) is 23.8 Å².